The van der Waals surface area contributed by atoms with Crippen LogP contribution in [0.5, 0.6) is 0 Å². The maximum Gasteiger partial charge on any atom is 0.0982 e. The van der Waals surface area contributed by atoms with Crippen molar-refractivity contribution in [2.45, 2.75) is 65.5 Å². The van der Waals surface area contributed by atoms with Gasteiger partial charge in [0.25, 0.3) is 0 Å². The molecule has 0 atom stereocenters. The van der Waals surface area contributed by atoms with Gasteiger partial charge < -0.3 is 5.11 Å². The van der Waals surface area contributed by atoms with Crippen molar-refractivity contribution in [2.75, 3.05) is 13.2 Å². The zero-order valence-electron chi connectivity index (χ0n) is 12.9. The molecule has 3 nitrogen and oxygen atoms in total. The molecule has 0 saturated heterocycles. The van der Waals surface area contributed by atoms with E-state index in [1.54, 1.807) is 11.3 Å². The third-order valence-corrected chi connectivity index (χ3v) is 4.72. The van der Waals surface area contributed by atoms with Crippen LogP contribution in [0.15, 0.2) is 5.38 Å². The highest BCUT2D eigenvalue weighted by Gasteiger charge is 2.20. The summed E-state index contributed by atoms with van der Waals surface area (Å²) in [6.07, 6.45) is 2.24. The molecule has 0 unspecified atom stereocenters. The Morgan fingerprint density at radius 3 is 2.37 bits per heavy atom. The monoisotopic (exact) mass is 284 g/mol. The van der Waals surface area contributed by atoms with E-state index in [4.69, 9.17) is 4.98 Å². The van der Waals surface area contributed by atoms with Crippen molar-refractivity contribution in [3.63, 3.8) is 0 Å². The van der Waals surface area contributed by atoms with Crippen molar-refractivity contribution >= 4 is 11.3 Å². The largest absolute Gasteiger partial charge is 0.395 e. The lowest BCUT2D eigenvalue weighted by Gasteiger charge is -2.29. The molecule has 0 aromatic carbocycles. The van der Waals surface area contributed by atoms with Crippen LogP contribution in [0.4, 0.5) is 0 Å². The van der Waals surface area contributed by atoms with Gasteiger partial charge in [-0.15, -0.1) is 11.3 Å². The Bertz CT molecular complexity index is 366. The lowest BCUT2D eigenvalue weighted by molar-refractivity contribution is 0.135. The van der Waals surface area contributed by atoms with Gasteiger partial charge in [-0.2, -0.15) is 0 Å². The van der Waals surface area contributed by atoms with Crippen molar-refractivity contribution < 1.29 is 5.11 Å². The van der Waals surface area contributed by atoms with Gasteiger partial charge in [0.1, 0.15) is 0 Å². The lowest BCUT2D eigenvalue weighted by atomic mass is 9.98. The Balaban J connectivity index is 2.76. The molecule has 0 aliphatic carbocycles. The molecule has 1 aromatic rings. The maximum atomic E-state index is 9.23. The number of aliphatic hydroxyl groups is 1. The minimum atomic E-state index is 0.125. The van der Waals surface area contributed by atoms with Gasteiger partial charge in [0, 0.05) is 29.9 Å². The van der Waals surface area contributed by atoms with E-state index >= 15 is 0 Å². The standard InChI is InChI=1S/C15H28N2OS/c1-6-13(7-2)17(8-9-18)10-12-11-19-14(16-12)15(3,4)5/h11,13,18H,6-10H2,1-5H3. The molecule has 0 aliphatic rings. The van der Waals surface area contributed by atoms with Crippen LogP contribution in [0.2, 0.25) is 0 Å². The summed E-state index contributed by atoms with van der Waals surface area (Å²) in [6, 6.07) is 0.534. The van der Waals surface area contributed by atoms with Crippen molar-refractivity contribution in [1.82, 2.24) is 9.88 Å². The van der Waals surface area contributed by atoms with Gasteiger partial charge in [0.2, 0.25) is 0 Å². The Morgan fingerprint density at radius 1 is 1.32 bits per heavy atom. The molecule has 0 spiro atoms. The summed E-state index contributed by atoms with van der Waals surface area (Å²) in [5.74, 6) is 0. The molecule has 0 bridgehead atoms. The minimum Gasteiger partial charge on any atom is -0.395 e. The summed E-state index contributed by atoms with van der Waals surface area (Å²) < 4.78 is 0. The first-order valence-corrected chi connectivity index (χ1v) is 8.10. The van der Waals surface area contributed by atoms with E-state index < -0.39 is 0 Å². The third kappa shape index (κ3) is 4.86. The average Bonchev–Trinajstić information content (AvgIpc) is 2.79. The topological polar surface area (TPSA) is 36.4 Å². The highest BCUT2D eigenvalue weighted by Crippen LogP contribution is 2.26. The molecule has 0 radical (unpaired) electrons. The number of thiazole rings is 1. The number of aromatic nitrogens is 1. The van der Waals surface area contributed by atoms with Gasteiger partial charge >= 0.3 is 0 Å². The van der Waals surface area contributed by atoms with Gasteiger partial charge in [-0.25, -0.2) is 4.98 Å². The quantitative estimate of drug-likeness (QED) is 0.833. The predicted molar refractivity (Wildman–Crippen MR) is 82.7 cm³/mol. The second-order valence-electron chi connectivity index (χ2n) is 6.06. The normalized spacial score (nSPS) is 12.6. The summed E-state index contributed by atoms with van der Waals surface area (Å²) in [5.41, 5.74) is 1.26. The van der Waals surface area contributed by atoms with Gasteiger partial charge in [0.05, 0.1) is 17.3 Å². The Kier molecular flexibility index (Phi) is 6.43. The molecule has 110 valence electrons. The molecule has 0 amide bonds. The molecule has 4 heteroatoms. The molecule has 0 fully saturated rings. The molecule has 1 heterocycles. The summed E-state index contributed by atoms with van der Waals surface area (Å²) in [7, 11) is 0. The highest BCUT2D eigenvalue weighted by atomic mass is 32.1. The van der Waals surface area contributed by atoms with Crippen LogP contribution >= 0.6 is 11.3 Å². The smallest absolute Gasteiger partial charge is 0.0982 e. The summed E-state index contributed by atoms with van der Waals surface area (Å²) in [5, 5.41) is 12.6. The molecule has 1 N–H and O–H groups in total. The summed E-state index contributed by atoms with van der Waals surface area (Å²) >= 11 is 1.74. The third-order valence-electron chi connectivity index (χ3n) is 3.40. The summed E-state index contributed by atoms with van der Waals surface area (Å²) in [6.45, 7) is 12.8. The fourth-order valence-electron chi connectivity index (χ4n) is 2.26. The number of hydrogen-bond donors (Lipinski definition) is 1. The van der Waals surface area contributed by atoms with Crippen molar-refractivity contribution in [3.05, 3.63) is 16.1 Å². The molecule has 19 heavy (non-hydrogen) atoms. The van der Waals surface area contributed by atoms with Gasteiger partial charge in [-0.3, -0.25) is 4.90 Å². The van der Waals surface area contributed by atoms with Crippen LogP contribution in [-0.2, 0) is 12.0 Å². The molecule has 1 aromatic heterocycles. The SMILES string of the molecule is CCC(CC)N(CCO)Cc1csc(C(C)(C)C)n1. The molecular formula is C15H28N2OS. The van der Waals surface area contributed by atoms with Crippen molar-refractivity contribution in [1.29, 1.82) is 0 Å². The zero-order chi connectivity index (χ0) is 14.5. The number of aliphatic hydroxyl groups excluding tert-OH is 1. The number of nitrogens with zero attached hydrogens (tertiary/aromatic N) is 2. The van der Waals surface area contributed by atoms with Crippen molar-refractivity contribution in [3.8, 4) is 0 Å². The van der Waals surface area contributed by atoms with E-state index in [2.05, 4.69) is 44.9 Å². The Morgan fingerprint density at radius 2 is 1.95 bits per heavy atom. The minimum absolute atomic E-state index is 0.125. The average molecular weight is 284 g/mol. The van der Waals surface area contributed by atoms with E-state index in [1.807, 2.05) is 0 Å². The molecule has 0 saturated carbocycles. The maximum absolute atomic E-state index is 9.23. The van der Waals surface area contributed by atoms with Gasteiger partial charge in [-0.1, -0.05) is 34.6 Å². The summed E-state index contributed by atoms with van der Waals surface area (Å²) in [4.78, 5) is 7.10. The molecule has 1 rings (SSSR count). The van der Waals surface area contributed by atoms with Crippen LogP contribution in [0, 0.1) is 0 Å². The Hall–Kier alpha value is -0.450. The second-order valence-corrected chi connectivity index (χ2v) is 6.92. The van der Waals surface area contributed by atoms with E-state index in [0.717, 1.165) is 31.6 Å². The highest BCUT2D eigenvalue weighted by molar-refractivity contribution is 7.09. The van der Waals surface area contributed by atoms with Crippen LogP contribution in [0.3, 0.4) is 0 Å². The van der Waals surface area contributed by atoms with E-state index in [1.165, 1.54) is 5.01 Å². The fraction of sp³-hybridized carbons (Fsp3) is 0.800. The first kappa shape index (κ1) is 16.6. The second kappa shape index (κ2) is 7.36. The number of rotatable bonds is 7. The first-order chi connectivity index (χ1) is 8.92. The van der Waals surface area contributed by atoms with E-state index in [9.17, 15) is 5.11 Å². The van der Waals surface area contributed by atoms with Crippen LogP contribution in [-0.4, -0.2) is 34.2 Å². The van der Waals surface area contributed by atoms with Gasteiger partial charge in [0.15, 0.2) is 0 Å². The predicted octanol–water partition coefficient (Wildman–Crippen LogP) is 3.42. The molecule has 0 aliphatic heterocycles. The Labute approximate surface area is 121 Å². The van der Waals surface area contributed by atoms with Crippen LogP contribution in [0.1, 0.15) is 58.2 Å². The lowest BCUT2D eigenvalue weighted by Crippen LogP contribution is -2.36. The van der Waals surface area contributed by atoms with Crippen LogP contribution in [0.25, 0.3) is 0 Å². The molecular weight excluding hydrogens is 256 g/mol. The fourth-order valence-corrected chi connectivity index (χ4v) is 3.15. The van der Waals surface area contributed by atoms with Crippen molar-refractivity contribution in [2.24, 2.45) is 0 Å². The number of hydrogen-bond acceptors (Lipinski definition) is 4. The van der Waals surface area contributed by atoms with Crippen LogP contribution < -0.4 is 0 Å². The van der Waals surface area contributed by atoms with E-state index in [-0.39, 0.29) is 12.0 Å². The zero-order valence-corrected chi connectivity index (χ0v) is 13.8. The first-order valence-electron chi connectivity index (χ1n) is 7.22. The van der Waals surface area contributed by atoms with E-state index in [0.29, 0.717) is 6.04 Å². The van der Waals surface area contributed by atoms with Gasteiger partial charge in [-0.05, 0) is 12.8 Å².